The zero-order valence-corrected chi connectivity index (χ0v) is 11.0. The highest BCUT2D eigenvalue weighted by Crippen LogP contribution is 2.19. The lowest BCUT2D eigenvalue weighted by molar-refractivity contribution is -0.119. The quantitative estimate of drug-likeness (QED) is 0.723. The third kappa shape index (κ3) is 4.24. The molecule has 0 atom stereocenters. The van der Waals surface area contributed by atoms with Crippen molar-refractivity contribution in [3.05, 3.63) is 29.6 Å². The van der Waals surface area contributed by atoms with Crippen molar-refractivity contribution in [2.24, 2.45) is 0 Å². The molecule has 0 saturated carbocycles. The number of para-hydroxylation sites is 1. The van der Waals surface area contributed by atoms with E-state index in [1.807, 2.05) is 6.92 Å². The molecule has 0 spiro atoms. The number of likely N-dealkylation sites (N-methyl/N-ethyl adjacent to an activating group) is 1. The molecule has 19 heavy (non-hydrogen) atoms. The van der Waals surface area contributed by atoms with Gasteiger partial charge in [-0.2, -0.15) is 0 Å². The van der Waals surface area contributed by atoms with E-state index in [1.165, 1.54) is 25.2 Å². The van der Waals surface area contributed by atoms with Gasteiger partial charge in [0.15, 0.2) is 0 Å². The standard InChI is InChI=1S/C13H18FN3O2/c1-3-7-16-12-9(5-4-6-10(12)14)13(19)17-8-11(18)15-2/h4-6,16H,3,7-8H2,1-2H3,(H,15,18)(H,17,19). The largest absolute Gasteiger partial charge is 0.382 e. The van der Waals surface area contributed by atoms with E-state index in [9.17, 15) is 14.0 Å². The Kier molecular flexibility index (Phi) is 5.78. The Bertz CT molecular complexity index is 463. The lowest BCUT2D eigenvalue weighted by atomic mass is 10.1. The first-order valence-electron chi connectivity index (χ1n) is 6.11. The minimum absolute atomic E-state index is 0.140. The molecular formula is C13H18FN3O2. The van der Waals surface area contributed by atoms with Crippen LogP contribution in [0.15, 0.2) is 18.2 Å². The predicted molar refractivity (Wildman–Crippen MR) is 71.6 cm³/mol. The van der Waals surface area contributed by atoms with E-state index in [-0.39, 0.29) is 23.7 Å². The molecule has 2 amide bonds. The van der Waals surface area contributed by atoms with Gasteiger partial charge >= 0.3 is 0 Å². The summed E-state index contributed by atoms with van der Waals surface area (Å²) in [7, 11) is 1.48. The van der Waals surface area contributed by atoms with Crippen LogP contribution in [0.25, 0.3) is 0 Å². The summed E-state index contributed by atoms with van der Waals surface area (Å²) in [6.07, 6.45) is 0.813. The van der Waals surface area contributed by atoms with Gasteiger partial charge in [-0.25, -0.2) is 4.39 Å². The van der Waals surface area contributed by atoms with Gasteiger partial charge in [-0.3, -0.25) is 9.59 Å². The van der Waals surface area contributed by atoms with Gasteiger partial charge in [0.05, 0.1) is 17.8 Å². The van der Waals surface area contributed by atoms with Gasteiger partial charge in [0.1, 0.15) is 5.82 Å². The third-order valence-corrected chi connectivity index (χ3v) is 2.50. The first-order valence-corrected chi connectivity index (χ1v) is 6.11. The second kappa shape index (κ2) is 7.35. The van der Waals surface area contributed by atoms with E-state index in [1.54, 1.807) is 0 Å². The third-order valence-electron chi connectivity index (χ3n) is 2.50. The number of hydrogen-bond acceptors (Lipinski definition) is 3. The molecule has 1 rings (SSSR count). The number of benzene rings is 1. The number of carbonyl (C=O) groups excluding carboxylic acids is 2. The Morgan fingerprint density at radius 1 is 1.32 bits per heavy atom. The molecule has 1 aromatic rings. The van der Waals surface area contributed by atoms with Crippen LogP contribution in [0.1, 0.15) is 23.7 Å². The summed E-state index contributed by atoms with van der Waals surface area (Å²) in [5.41, 5.74) is 0.358. The smallest absolute Gasteiger partial charge is 0.253 e. The van der Waals surface area contributed by atoms with E-state index in [0.717, 1.165) is 6.42 Å². The first kappa shape index (κ1) is 14.9. The van der Waals surface area contributed by atoms with E-state index in [0.29, 0.717) is 6.54 Å². The van der Waals surface area contributed by atoms with E-state index in [2.05, 4.69) is 16.0 Å². The fourth-order valence-electron chi connectivity index (χ4n) is 1.49. The van der Waals surface area contributed by atoms with Crippen LogP contribution in [-0.2, 0) is 4.79 Å². The molecule has 0 aliphatic carbocycles. The molecule has 0 aromatic heterocycles. The van der Waals surface area contributed by atoms with Crippen LogP contribution in [0.2, 0.25) is 0 Å². The Hall–Kier alpha value is -2.11. The highest BCUT2D eigenvalue weighted by Gasteiger charge is 2.15. The van der Waals surface area contributed by atoms with E-state index >= 15 is 0 Å². The normalized spacial score (nSPS) is 9.84. The van der Waals surface area contributed by atoms with Crippen LogP contribution in [0.5, 0.6) is 0 Å². The Morgan fingerprint density at radius 2 is 2.05 bits per heavy atom. The second-order valence-electron chi connectivity index (χ2n) is 3.95. The van der Waals surface area contributed by atoms with Crippen molar-refractivity contribution in [1.29, 1.82) is 0 Å². The highest BCUT2D eigenvalue weighted by molar-refractivity contribution is 6.01. The zero-order chi connectivity index (χ0) is 14.3. The maximum Gasteiger partial charge on any atom is 0.253 e. The summed E-state index contributed by atoms with van der Waals surface area (Å²) in [5.74, 6) is -1.28. The van der Waals surface area contributed by atoms with Crippen LogP contribution in [0.3, 0.4) is 0 Å². The van der Waals surface area contributed by atoms with Crippen molar-refractivity contribution in [2.75, 3.05) is 25.5 Å². The molecule has 0 unspecified atom stereocenters. The molecule has 5 nitrogen and oxygen atoms in total. The lowest BCUT2D eigenvalue weighted by Crippen LogP contribution is -2.35. The molecule has 0 saturated heterocycles. The fourth-order valence-corrected chi connectivity index (χ4v) is 1.49. The Balaban J connectivity index is 2.83. The summed E-state index contributed by atoms with van der Waals surface area (Å²) in [6.45, 7) is 2.37. The van der Waals surface area contributed by atoms with Crippen LogP contribution in [0.4, 0.5) is 10.1 Å². The van der Waals surface area contributed by atoms with Crippen molar-refractivity contribution in [2.45, 2.75) is 13.3 Å². The van der Waals surface area contributed by atoms with Gasteiger partial charge in [0.25, 0.3) is 5.91 Å². The van der Waals surface area contributed by atoms with Crippen LogP contribution in [0, 0.1) is 5.82 Å². The van der Waals surface area contributed by atoms with Gasteiger partial charge in [-0.1, -0.05) is 13.0 Å². The SMILES string of the molecule is CCCNc1c(F)cccc1C(=O)NCC(=O)NC. The molecule has 0 bridgehead atoms. The molecule has 3 N–H and O–H groups in total. The number of halogens is 1. The Morgan fingerprint density at radius 3 is 2.68 bits per heavy atom. The summed E-state index contributed by atoms with van der Waals surface area (Å²) in [4.78, 5) is 23.0. The maximum atomic E-state index is 13.7. The van der Waals surface area contributed by atoms with Crippen LogP contribution in [-0.4, -0.2) is 32.0 Å². The van der Waals surface area contributed by atoms with Crippen molar-refractivity contribution in [3.63, 3.8) is 0 Å². The molecule has 0 heterocycles. The average Bonchev–Trinajstić information content (AvgIpc) is 2.42. The molecule has 0 fully saturated rings. The van der Waals surface area contributed by atoms with Crippen molar-refractivity contribution in [3.8, 4) is 0 Å². The number of anilines is 1. The zero-order valence-electron chi connectivity index (χ0n) is 11.0. The molecule has 1 aromatic carbocycles. The summed E-state index contributed by atoms with van der Waals surface area (Å²) < 4.78 is 13.7. The number of hydrogen-bond donors (Lipinski definition) is 3. The number of nitrogens with one attached hydrogen (secondary N) is 3. The van der Waals surface area contributed by atoms with Gasteiger partial charge < -0.3 is 16.0 Å². The molecule has 6 heteroatoms. The highest BCUT2D eigenvalue weighted by atomic mass is 19.1. The lowest BCUT2D eigenvalue weighted by Gasteiger charge is -2.12. The molecular weight excluding hydrogens is 249 g/mol. The molecule has 0 aliphatic heterocycles. The molecule has 104 valence electrons. The number of amides is 2. The van der Waals surface area contributed by atoms with Crippen LogP contribution >= 0.6 is 0 Å². The summed E-state index contributed by atoms with van der Waals surface area (Å²) >= 11 is 0. The average molecular weight is 267 g/mol. The monoisotopic (exact) mass is 267 g/mol. The van der Waals surface area contributed by atoms with Gasteiger partial charge in [0.2, 0.25) is 5.91 Å². The van der Waals surface area contributed by atoms with Crippen LogP contribution < -0.4 is 16.0 Å². The van der Waals surface area contributed by atoms with Crippen molar-refractivity contribution in [1.82, 2.24) is 10.6 Å². The molecule has 0 aliphatic rings. The molecule has 0 radical (unpaired) electrons. The van der Waals surface area contributed by atoms with E-state index in [4.69, 9.17) is 0 Å². The van der Waals surface area contributed by atoms with Gasteiger partial charge in [-0.05, 0) is 18.6 Å². The van der Waals surface area contributed by atoms with Gasteiger partial charge in [-0.15, -0.1) is 0 Å². The minimum Gasteiger partial charge on any atom is -0.382 e. The number of carbonyl (C=O) groups is 2. The topological polar surface area (TPSA) is 70.2 Å². The maximum absolute atomic E-state index is 13.7. The number of rotatable bonds is 6. The van der Waals surface area contributed by atoms with Crippen molar-refractivity contribution >= 4 is 17.5 Å². The van der Waals surface area contributed by atoms with E-state index < -0.39 is 11.7 Å². The predicted octanol–water partition coefficient (Wildman–Crippen LogP) is 1.12. The fraction of sp³-hybridized carbons (Fsp3) is 0.385. The van der Waals surface area contributed by atoms with Crippen molar-refractivity contribution < 1.29 is 14.0 Å². The summed E-state index contributed by atoms with van der Waals surface area (Å²) in [6, 6.07) is 4.26. The Labute approximate surface area is 111 Å². The first-order chi connectivity index (χ1) is 9.10. The van der Waals surface area contributed by atoms with Gasteiger partial charge in [0, 0.05) is 13.6 Å². The summed E-state index contributed by atoms with van der Waals surface area (Å²) in [5, 5.41) is 7.70. The minimum atomic E-state index is -0.485. The second-order valence-corrected chi connectivity index (χ2v) is 3.95.